The predicted octanol–water partition coefficient (Wildman–Crippen LogP) is 1.91. The summed E-state index contributed by atoms with van der Waals surface area (Å²) < 4.78 is 46.5. The van der Waals surface area contributed by atoms with E-state index >= 15 is 0 Å². The van der Waals surface area contributed by atoms with E-state index in [-0.39, 0.29) is 61.4 Å². The monoisotopic (exact) mass is 646 g/mol. The van der Waals surface area contributed by atoms with Crippen LogP contribution in [0.1, 0.15) is 51.7 Å². The Morgan fingerprint density at radius 2 is 2.09 bits per heavy atom. The Kier molecular flexibility index (Phi) is 8.63. The van der Waals surface area contributed by atoms with Crippen molar-refractivity contribution >= 4 is 31.2 Å². The Hall–Kier alpha value is -2.98. The Bertz CT molecular complexity index is 1610. The van der Waals surface area contributed by atoms with Crippen LogP contribution in [0.4, 0.5) is 0 Å². The average molecular weight is 647 g/mol. The van der Waals surface area contributed by atoms with Crippen LogP contribution in [0.15, 0.2) is 39.2 Å². The van der Waals surface area contributed by atoms with Crippen LogP contribution in [0.25, 0.3) is 11.2 Å². The van der Waals surface area contributed by atoms with E-state index < -0.39 is 20.2 Å². The minimum Gasteiger partial charge on any atom is -0.395 e. The first-order valence-electron chi connectivity index (χ1n) is 15.5. The van der Waals surface area contributed by atoms with Gasteiger partial charge in [-0.2, -0.15) is 0 Å². The summed E-state index contributed by atoms with van der Waals surface area (Å²) in [6, 6.07) is 0. The summed E-state index contributed by atoms with van der Waals surface area (Å²) in [7, 11) is -2.75. The van der Waals surface area contributed by atoms with E-state index in [0.717, 1.165) is 31.6 Å². The summed E-state index contributed by atoms with van der Waals surface area (Å²) in [6.45, 7) is 2.72. The molecule has 16 nitrogen and oxygen atoms in total. The van der Waals surface area contributed by atoms with Crippen molar-refractivity contribution in [2.45, 2.75) is 88.9 Å². The van der Waals surface area contributed by atoms with E-state index in [9.17, 15) is 14.5 Å². The molecule has 2 aromatic rings. The van der Waals surface area contributed by atoms with Crippen LogP contribution in [0.2, 0.25) is 0 Å². The van der Waals surface area contributed by atoms with Crippen LogP contribution < -0.4 is 10.9 Å². The molecular weight excluding hydrogens is 607 g/mol. The first kappa shape index (κ1) is 30.7. The van der Waals surface area contributed by atoms with Gasteiger partial charge in [0.2, 0.25) is 0 Å². The number of nitrogens with zero attached hydrogens (tertiary/aromatic N) is 7. The predicted molar refractivity (Wildman–Crippen MR) is 161 cm³/mol. The molecule has 0 aromatic carbocycles. The highest BCUT2D eigenvalue weighted by molar-refractivity contribution is 7.48. The molecule has 17 heteroatoms. The van der Waals surface area contributed by atoms with Crippen molar-refractivity contribution in [1.29, 1.82) is 0 Å². The normalized spacial score (nSPS) is 32.2. The van der Waals surface area contributed by atoms with Crippen molar-refractivity contribution in [3.8, 4) is 0 Å². The lowest BCUT2D eigenvalue weighted by Crippen LogP contribution is -2.47. The molecule has 0 amide bonds. The molecule has 4 unspecified atom stereocenters. The van der Waals surface area contributed by atoms with Gasteiger partial charge in [-0.05, 0) is 37.7 Å². The number of nitrogens with one attached hydrogen (secondary N) is 1. The second-order valence-electron chi connectivity index (χ2n) is 11.8. The molecule has 0 bridgehead atoms. The number of hydrogen-bond acceptors (Lipinski definition) is 14. The van der Waals surface area contributed by atoms with Gasteiger partial charge in [-0.1, -0.05) is 6.92 Å². The molecule has 5 aliphatic rings. The number of amidine groups is 1. The first-order chi connectivity index (χ1) is 21.9. The fraction of sp³-hybridized carbons (Fsp3) is 0.679. The molecule has 7 heterocycles. The standard InChI is InChI=1S/C28H39N8O8P/c1-3-18-11-20(28(43-18)36-16-32-23-26(36)33-15-34(9-10-37)27(23)38)44-45(39,40-2)41-13-19-6-7-21(42-19)35-12-17-5-4-8-29-24-22(17)25(35)31-14-30-24/h12,14-16,18-22,25,28,37H,3-11,13H2,1-2H3,(H,29,30,31)/t18-,19+,20-,21-,22?,25?,28?,45?/m1/s1. The van der Waals surface area contributed by atoms with Crippen molar-refractivity contribution in [1.82, 2.24) is 29.3 Å². The summed E-state index contributed by atoms with van der Waals surface area (Å²) >= 11 is 0. The number of aliphatic hydroxyl groups is 1. The maximum absolute atomic E-state index is 13.8. The zero-order valence-electron chi connectivity index (χ0n) is 25.3. The number of aliphatic imine (C=N–C) groups is 2. The Balaban J connectivity index is 1.02. The van der Waals surface area contributed by atoms with E-state index in [1.165, 1.54) is 29.9 Å². The molecule has 0 spiro atoms. The summed E-state index contributed by atoms with van der Waals surface area (Å²) in [4.78, 5) is 33.1. The molecule has 5 aliphatic heterocycles. The topological polar surface area (TPSA) is 176 Å². The number of aliphatic hydroxyl groups excluding tert-OH is 1. The summed E-state index contributed by atoms with van der Waals surface area (Å²) in [6.07, 6.45) is 9.01. The maximum Gasteiger partial charge on any atom is 0.475 e. The SMILES string of the molecule is CC[C@@H]1C[C@@H](OP(=O)(OC)OC[C@@H]2CC[C@H](N3C=C4CCCN=C5NC=NC3C45)O2)C(n2cnc3c(=O)n(CCO)cnc32)O1. The number of phosphoric ester groups is 1. The Labute approximate surface area is 259 Å². The third kappa shape index (κ3) is 5.77. The molecule has 7 rings (SSSR count). The number of aromatic nitrogens is 4. The lowest BCUT2D eigenvalue weighted by molar-refractivity contribution is -0.0662. The third-order valence-corrected chi connectivity index (χ3v) is 10.5. The highest BCUT2D eigenvalue weighted by Crippen LogP contribution is 2.54. The second-order valence-corrected chi connectivity index (χ2v) is 13.5. The maximum atomic E-state index is 13.8. The molecule has 2 fully saturated rings. The third-order valence-electron chi connectivity index (χ3n) is 9.05. The van der Waals surface area contributed by atoms with E-state index in [4.69, 9.17) is 33.0 Å². The summed E-state index contributed by atoms with van der Waals surface area (Å²) in [5.74, 6) is 1.09. The van der Waals surface area contributed by atoms with Crippen LogP contribution in [0.5, 0.6) is 0 Å². The van der Waals surface area contributed by atoms with Gasteiger partial charge >= 0.3 is 7.82 Å². The quantitative estimate of drug-likeness (QED) is 0.340. The van der Waals surface area contributed by atoms with Crippen LogP contribution in [-0.4, -0.2) is 98.9 Å². The van der Waals surface area contributed by atoms with Gasteiger partial charge in [0.15, 0.2) is 17.4 Å². The number of imidazole rings is 1. The van der Waals surface area contributed by atoms with E-state index in [0.29, 0.717) is 24.9 Å². The van der Waals surface area contributed by atoms with Gasteiger partial charge < -0.3 is 24.8 Å². The molecular formula is C28H39N8O8P. The average Bonchev–Trinajstić information content (AvgIpc) is 3.83. The number of fused-ring (bicyclic) bond motifs is 1. The first-order valence-corrected chi connectivity index (χ1v) is 17.0. The lowest BCUT2D eigenvalue weighted by Gasteiger charge is -2.33. The number of rotatable bonds is 11. The molecule has 45 heavy (non-hydrogen) atoms. The number of ether oxygens (including phenoxy) is 2. The highest BCUT2D eigenvalue weighted by Gasteiger charge is 2.46. The van der Waals surface area contributed by atoms with Gasteiger partial charge in [-0.25, -0.2) is 19.5 Å². The molecule has 2 saturated heterocycles. The van der Waals surface area contributed by atoms with Gasteiger partial charge in [0.05, 0.1) is 50.6 Å². The van der Waals surface area contributed by atoms with Gasteiger partial charge in [0.1, 0.15) is 30.7 Å². The molecule has 244 valence electrons. The minimum atomic E-state index is -4.03. The van der Waals surface area contributed by atoms with Crippen molar-refractivity contribution in [3.63, 3.8) is 0 Å². The Morgan fingerprint density at radius 3 is 2.91 bits per heavy atom. The molecule has 2 N–H and O–H groups in total. The fourth-order valence-electron chi connectivity index (χ4n) is 6.77. The molecule has 0 radical (unpaired) electrons. The number of hydrogen-bond donors (Lipinski definition) is 2. The Morgan fingerprint density at radius 1 is 1.20 bits per heavy atom. The molecule has 0 aliphatic carbocycles. The van der Waals surface area contributed by atoms with Crippen LogP contribution in [0, 0.1) is 5.92 Å². The lowest BCUT2D eigenvalue weighted by atomic mass is 9.95. The van der Waals surface area contributed by atoms with Gasteiger partial charge in [-0.3, -0.25) is 32.5 Å². The van der Waals surface area contributed by atoms with Crippen molar-refractivity contribution in [2.75, 3.05) is 26.9 Å². The van der Waals surface area contributed by atoms with E-state index in [1.54, 1.807) is 10.9 Å². The van der Waals surface area contributed by atoms with Crippen LogP contribution in [-0.2, 0) is 34.2 Å². The fourth-order valence-corrected chi connectivity index (χ4v) is 7.90. The van der Waals surface area contributed by atoms with Gasteiger partial charge in [0, 0.05) is 26.3 Å². The zero-order chi connectivity index (χ0) is 31.1. The molecule has 2 aromatic heterocycles. The van der Waals surface area contributed by atoms with E-state index in [2.05, 4.69) is 26.4 Å². The molecule has 0 saturated carbocycles. The number of phosphoric acid groups is 1. The van der Waals surface area contributed by atoms with Crippen molar-refractivity contribution in [2.24, 2.45) is 15.9 Å². The van der Waals surface area contributed by atoms with Crippen LogP contribution in [0.3, 0.4) is 0 Å². The second kappa shape index (κ2) is 12.7. The van der Waals surface area contributed by atoms with Crippen molar-refractivity contribution in [3.05, 3.63) is 34.8 Å². The van der Waals surface area contributed by atoms with Gasteiger partial charge in [0.25, 0.3) is 5.56 Å². The van der Waals surface area contributed by atoms with Crippen LogP contribution >= 0.6 is 7.82 Å². The van der Waals surface area contributed by atoms with E-state index in [1.807, 2.05) is 6.92 Å². The van der Waals surface area contributed by atoms with Gasteiger partial charge in [-0.15, -0.1) is 0 Å². The molecule has 8 atom stereocenters. The largest absolute Gasteiger partial charge is 0.475 e. The highest BCUT2D eigenvalue weighted by atomic mass is 31.2. The summed E-state index contributed by atoms with van der Waals surface area (Å²) in [5, 5.41) is 12.5. The minimum absolute atomic E-state index is 0.0209. The smallest absolute Gasteiger partial charge is 0.395 e. The van der Waals surface area contributed by atoms with Crippen molar-refractivity contribution < 1.29 is 32.7 Å². The summed E-state index contributed by atoms with van der Waals surface area (Å²) in [5.41, 5.74) is 1.37. The zero-order valence-corrected chi connectivity index (χ0v) is 26.2.